The molecule has 0 aromatic carbocycles. The summed E-state index contributed by atoms with van der Waals surface area (Å²) in [5, 5.41) is 0.892. The van der Waals surface area contributed by atoms with Crippen LogP contribution in [0.3, 0.4) is 0 Å². The summed E-state index contributed by atoms with van der Waals surface area (Å²) < 4.78 is 5.45. The fourth-order valence-corrected chi connectivity index (χ4v) is 3.09. The molecule has 2 heterocycles. The van der Waals surface area contributed by atoms with Gasteiger partial charge in [-0.25, -0.2) is 9.78 Å². The standard InChI is InChI=1S/C14H21N3O2S/c1-14(2,3)19-13(18)17-8-4-5-11(17)10-20-12-9-15-6-7-16-12/h6-7,9,11H,4-5,8,10H2,1-3H3/t11-/m0/s1. The molecule has 1 saturated heterocycles. The molecule has 1 aromatic rings. The Bertz CT molecular complexity index is 447. The first-order valence-electron chi connectivity index (χ1n) is 6.84. The Hall–Kier alpha value is -1.30. The largest absolute Gasteiger partial charge is 0.444 e. The van der Waals surface area contributed by atoms with Gasteiger partial charge in [0.05, 0.1) is 6.20 Å². The normalized spacial score (nSPS) is 19.1. The lowest BCUT2D eigenvalue weighted by Gasteiger charge is -2.28. The molecular formula is C14H21N3O2S. The highest BCUT2D eigenvalue weighted by Gasteiger charge is 2.32. The van der Waals surface area contributed by atoms with E-state index in [1.807, 2.05) is 25.7 Å². The van der Waals surface area contributed by atoms with Crippen LogP contribution in [0.5, 0.6) is 0 Å². The number of amides is 1. The van der Waals surface area contributed by atoms with E-state index in [0.717, 1.165) is 30.2 Å². The van der Waals surface area contributed by atoms with Crippen molar-refractivity contribution in [2.75, 3.05) is 12.3 Å². The molecule has 1 aliphatic rings. The lowest BCUT2D eigenvalue weighted by Crippen LogP contribution is -2.40. The van der Waals surface area contributed by atoms with E-state index in [9.17, 15) is 4.79 Å². The third-order valence-corrected chi connectivity index (χ3v) is 4.03. The van der Waals surface area contributed by atoms with Crippen LogP contribution in [0.25, 0.3) is 0 Å². The predicted octanol–water partition coefficient (Wildman–Crippen LogP) is 2.97. The number of likely N-dealkylation sites (tertiary alicyclic amines) is 1. The molecule has 0 spiro atoms. The Kier molecular flexibility index (Phi) is 4.86. The first-order chi connectivity index (χ1) is 9.46. The van der Waals surface area contributed by atoms with E-state index in [1.54, 1.807) is 30.4 Å². The average molecular weight is 295 g/mol. The highest BCUT2D eigenvalue weighted by atomic mass is 32.2. The van der Waals surface area contributed by atoms with Crippen molar-refractivity contribution in [3.63, 3.8) is 0 Å². The number of aromatic nitrogens is 2. The Morgan fingerprint density at radius 3 is 2.95 bits per heavy atom. The van der Waals surface area contributed by atoms with Gasteiger partial charge < -0.3 is 9.64 Å². The van der Waals surface area contributed by atoms with Gasteiger partial charge in [0.1, 0.15) is 10.6 Å². The van der Waals surface area contributed by atoms with Crippen LogP contribution in [0, 0.1) is 0 Å². The maximum absolute atomic E-state index is 12.1. The molecule has 1 fully saturated rings. The Balaban J connectivity index is 1.89. The first-order valence-corrected chi connectivity index (χ1v) is 7.83. The van der Waals surface area contributed by atoms with Crippen LogP contribution in [0.2, 0.25) is 0 Å². The van der Waals surface area contributed by atoms with Gasteiger partial charge in [0.2, 0.25) is 0 Å². The number of rotatable bonds is 3. The molecule has 0 saturated carbocycles. The second-order valence-electron chi connectivity index (χ2n) is 5.82. The van der Waals surface area contributed by atoms with Gasteiger partial charge in [0, 0.05) is 30.7 Å². The summed E-state index contributed by atoms with van der Waals surface area (Å²) in [4.78, 5) is 22.3. The molecule has 1 amide bonds. The highest BCUT2D eigenvalue weighted by Crippen LogP contribution is 2.25. The molecule has 0 unspecified atom stereocenters. The van der Waals surface area contributed by atoms with Crippen molar-refractivity contribution in [3.05, 3.63) is 18.6 Å². The number of carbonyl (C=O) groups is 1. The van der Waals surface area contributed by atoms with Crippen LogP contribution in [0.1, 0.15) is 33.6 Å². The molecule has 2 rings (SSSR count). The lowest BCUT2D eigenvalue weighted by molar-refractivity contribution is 0.0242. The number of hydrogen-bond donors (Lipinski definition) is 0. The Labute approximate surface area is 124 Å². The van der Waals surface area contributed by atoms with Crippen molar-refractivity contribution in [3.8, 4) is 0 Å². The molecule has 5 nitrogen and oxygen atoms in total. The second-order valence-corrected chi connectivity index (χ2v) is 6.86. The quantitative estimate of drug-likeness (QED) is 0.802. The van der Waals surface area contributed by atoms with Crippen molar-refractivity contribution < 1.29 is 9.53 Å². The molecule has 1 aromatic heterocycles. The van der Waals surface area contributed by atoms with Gasteiger partial charge in [-0.1, -0.05) is 0 Å². The van der Waals surface area contributed by atoms with Crippen LogP contribution in [0.4, 0.5) is 4.79 Å². The number of ether oxygens (including phenoxy) is 1. The summed E-state index contributed by atoms with van der Waals surface area (Å²) in [5.41, 5.74) is -0.442. The summed E-state index contributed by atoms with van der Waals surface area (Å²) >= 11 is 1.63. The zero-order valence-electron chi connectivity index (χ0n) is 12.2. The van der Waals surface area contributed by atoms with Gasteiger partial charge in [0.15, 0.2) is 0 Å². The molecule has 0 radical (unpaired) electrons. The summed E-state index contributed by atoms with van der Waals surface area (Å²) in [6, 6.07) is 0.219. The topological polar surface area (TPSA) is 55.3 Å². The van der Waals surface area contributed by atoms with Crippen LogP contribution < -0.4 is 0 Å². The van der Waals surface area contributed by atoms with Crippen LogP contribution in [-0.2, 0) is 4.74 Å². The Morgan fingerprint density at radius 2 is 2.30 bits per heavy atom. The fraction of sp³-hybridized carbons (Fsp3) is 0.643. The third-order valence-electron chi connectivity index (χ3n) is 2.97. The predicted molar refractivity (Wildman–Crippen MR) is 78.7 cm³/mol. The highest BCUT2D eigenvalue weighted by molar-refractivity contribution is 7.99. The number of hydrogen-bond acceptors (Lipinski definition) is 5. The monoisotopic (exact) mass is 295 g/mol. The molecule has 0 aliphatic carbocycles. The van der Waals surface area contributed by atoms with Crippen molar-refractivity contribution in [2.24, 2.45) is 0 Å². The van der Waals surface area contributed by atoms with Crippen molar-refractivity contribution in [2.45, 2.75) is 50.3 Å². The molecule has 1 aliphatic heterocycles. The van der Waals surface area contributed by atoms with E-state index in [4.69, 9.17) is 4.74 Å². The smallest absolute Gasteiger partial charge is 0.410 e. The van der Waals surface area contributed by atoms with Crippen LogP contribution in [-0.4, -0.2) is 44.9 Å². The van der Waals surface area contributed by atoms with E-state index in [1.165, 1.54) is 0 Å². The molecule has 1 atom stereocenters. The number of nitrogens with zero attached hydrogens (tertiary/aromatic N) is 3. The van der Waals surface area contributed by atoms with Crippen LogP contribution >= 0.6 is 11.8 Å². The fourth-order valence-electron chi connectivity index (χ4n) is 2.11. The minimum atomic E-state index is -0.442. The molecular weight excluding hydrogens is 274 g/mol. The van der Waals surface area contributed by atoms with Gasteiger partial charge in [-0.15, -0.1) is 11.8 Å². The number of thioether (sulfide) groups is 1. The van der Waals surface area contributed by atoms with Gasteiger partial charge in [-0.05, 0) is 33.6 Å². The number of carbonyl (C=O) groups excluding carboxylic acids is 1. The van der Waals surface area contributed by atoms with Crippen molar-refractivity contribution in [1.82, 2.24) is 14.9 Å². The van der Waals surface area contributed by atoms with Crippen LogP contribution in [0.15, 0.2) is 23.6 Å². The van der Waals surface area contributed by atoms with E-state index in [2.05, 4.69) is 9.97 Å². The summed E-state index contributed by atoms with van der Waals surface area (Å²) in [5.74, 6) is 0.831. The zero-order chi connectivity index (χ0) is 14.6. The summed E-state index contributed by atoms with van der Waals surface area (Å²) in [6.07, 6.45) is 6.93. The summed E-state index contributed by atoms with van der Waals surface area (Å²) in [7, 11) is 0. The maximum atomic E-state index is 12.1. The molecule has 0 bridgehead atoms. The summed E-state index contributed by atoms with van der Waals surface area (Å²) in [6.45, 7) is 6.46. The second kappa shape index (κ2) is 6.43. The van der Waals surface area contributed by atoms with E-state index in [0.29, 0.717) is 0 Å². The van der Waals surface area contributed by atoms with Gasteiger partial charge >= 0.3 is 6.09 Å². The van der Waals surface area contributed by atoms with Gasteiger partial charge in [-0.3, -0.25) is 4.98 Å². The molecule has 20 heavy (non-hydrogen) atoms. The minimum Gasteiger partial charge on any atom is -0.444 e. The van der Waals surface area contributed by atoms with E-state index >= 15 is 0 Å². The van der Waals surface area contributed by atoms with Gasteiger partial charge in [-0.2, -0.15) is 0 Å². The molecule has 110 valence electrons. The van der Waals surface area contributed by atoms with Crippen molar-refractivity contribution >= 4 is 17.9 Å². The SMILES string of the molecule is CC(C)(C)OC(=O)N1CCC[C@H]1CSc1cnccn1. The third kappa shape index (κ3) is 4.37. The van der Waals surface area contributed by atoms with Crippen molar-refractivity contribution in [1.29, 1.82) is 0 Å². The van der Waals surface area contributed by atoms with E-state index in [-0.39, 0.29) is 12.1 Å². The zero-order valence-corrected chi connectivity index (χ0v) is 13.0. The first kappa shape index (κ1) is 15.1. The minimum absolute atomic E-state index is 0.209. The average Bonchev–Trinajstić information content (AvgIpc) is 2.84. The van der Waals surface area contributed by atoms with E-state index < -0.39 is 5.60 Å². The Morgan fingerprint density at radius 1 is 1.50 bits per heavy atom. The maximum Gasteiger partial charge on any atom is 0.410 e. The lowest BCUT2D eigenvalue weighted by atomic mass is 10.2. The van der Waals surface area contributed by atoms with Gasteiger partial charge in [0.25, 0.3) is 0 Å². The molecule has 6 heteroatoms. The molecule has 0 N–H and O–H groups in total.